The van der Waals surface area contributed by atoms with E-state index in [2.05, 4.69) is 15.2 Å². The van der Waals surface area contributed by atoms with Crippen LogP contribution in [0.1, 0.15) is 17.5 Å². The minimum atomic E-state index is -3.40. The van der Waals surface area contributed by atoms with Gasteiger partial charge in [0.15, 0.2) is 5.78 Å². The van der Waals surface area contributed by atoms with Crippen molar-refractivity contribution in [3.8, 4) is 0 Å². The van der Waals surface area contributed by atoms with Crippen molar-refractivity contribution in [3.05, 3.63) is 5.82 Å². The number of Topliss-reactive ketones (excluding diaryl/α,β-unsaturated/α-hetero) is 1. The molecular weight excluding hydrogens is 182 g/mol. The fourth-order valence-electron chi connectivity index (χ4n) is 0.570. The second-order valence-electron chi connectivity index (χ2n) is 2.29. The Morgan fingerprint density at radius 1 is 1.50 bits per heavy atom. The number of ketones is 1. The zero-order valence-corrected chi connectivity index (χ0v) is 7.34. The molecule has 1 heterocycles. The van der Waals surface area contributed by atoms with E-state index in [4.69, 9.17) is 0 Å². The average molecular weight is 189 g/mol. The van der Waals surface area contributed by atoms with Crippen LogP contribution in [0, 0.1) is 0 Å². The molecule has 0 spiro atoms. The van der Waals surface area contributed by atoms with Crippen LogP contribution in [0.15, 0.2) is 5.16 Å². The van der Waals surface area contributed by atoms with Crippen molar-refractivity contribution in [2.24, 2.45) is 0 Å². The van der Waals surface area contributed by atoms with Gasteiger partial charge in [-0.25, -0.2) is 13.5 Å². The topological polar surface area (TPSA) is 92.8 Å². The summed E-state index contributed by atoms with van der Waals surface area (Å²) in [5.41, 5.74) is 0. The number of hydrogen-bond donors (Lipinski definition) is 1. The highest BCUT2D eigenvalue weighted by molar-refractivity contribution is 7.90. The number of nitrogens with one attached hydrogen (secondary N) is 1. The van der Waals surface area contributed by atoms with Crippen LogP contribution < -0.4 is 0 Å². The molecule has 0 aliphatic rings. The minimum Gasteiger partial charge on any atom is -0.291 e. The van der Waals surface area contributed by atoms with Crippen LogP contribution in [0.4, 0.5) is 0 Å². The molecule has 1 N–H and O–H groups in total. The zero-order valence-electron chi connectivity index (χ0n) is 6.53. The summed E-state index contributed by atoms with van der Waals surface area (Å²) in [6.07, 6.45) is 0.984. The maximum absolute atomic E-state index is 10.8. The van der Waals surface area contributed by atoms with Gasteiger partial charge in [0.05, 0.1) is 0 Å². The van der Waals surface area contributed by atoms with Gasteiger partial charge in [-0.1, -0.05) is 0 Å². The normalized spacial score (nSPS) is 11.5. The SMILES string of the molecule is CC(=O)c1n[nH]c(S(C)(=O)=O)n1. The molecule has 0 amide bonds. The lowest BCUT2D eigenvalue weighted by molar-refractivity contribution is 0.100. The molecule has 0 saturated heterocycles. The Labute approximate surface area is 68.9 Å². The van der Waals surface area contributed by atoms with Gasteiger partial charge in [-0.3, -0.25) is 4.79 Å². The number of aromatic nitrogens is 3. The van der Waals surface area contributed by atoms with E-state index in [1.807, 2.05) is 0 Å². The van der Waals surface area contributed by atoms with Gasteiger partial charge in [0.25, 0.3) is 0 Å². The van der Waals surface area contributed by atoms with E-state index in [0.717, 1.165) is 6.26 Å². The van der Waals surface area contributed by atoms with Crippen molar-refractivity contribution in [2.45, 2.75) is 12.1 Å². The smallest absolute Gasteiger partial charge is 0.243 e. The molecular formula is C5H7N3O3S. The molecule has 0 unspecified atom stereocenters. The van der Waals surface area contributed by atoms with Gasteiger partial charge in [-0.15, -0.1) is 5.10 Å². The molecule has 0 fully saturated rings. The lowest BCUT2D eigenvalue weighted by Gasteiger charge is -1.85. The van der Waals surface area contributed by atoms with E-state index in [1.54, 1.807) is 0 Å². The first kappa shape index (κ1) is 8.85. The van der Waals surface area contributed by atoms with E-state index >= 15 is 0 Å². The van der Waals surface area contributed by atoms with Gasteiger partial charge in [0, 0.05) is 13.2 Å². The molecule has 12 heavy (non-hydrogen) atoms. The Morgan fingerprint density at radius 2 is 2.08 bits per heavy atom. The fourth-order valence-corrected chi connectivity index (χ4v) is 1.03. The van der Waals surface area contributed by atoms with Crippen molar-refractivity contribution in [2.75, 3.05) is 6.26 Å². The van der Waals surface area contributed by atoms with E-state index in [0.29, 0.717) is 0 Å². The van der Waals surface area contributed by atoms with Gasteiger partial charge in [-0.05, 0) is 0 Å². The summed E-state index contributed by atoms with van der Waals surface area (Å²) in [7, 11) is -3.40. The molecule has 7 heteroatoms. The number of H-pyrrole nitrogens is 1. The summed E-state index contributed by atoms with van der Waals surface area (Å²) < 4.78 is 21.6. The van der Waals surface area contributed by atoms with Gasteiger partial charge in [0.2, 0.25) is 20.8 Å². The zero-order chi connectivity index (χ0) is 9.35. The predicted molar refractivity (Wildman–Crippen MR) is 39.5 cm³/mol. The summed E-state index contributed by atoms with van der Waals surface area (Å²) >= 11 is 0. The molecule has 1 aromatic rings. The molecule has 0 aliphatic heterocycles. The van der Waals surface area contributed by atoms with Crippen LogP contribution >= 0.6 is 0 Å². The van der Waals surface area contributed by atoms with Crippen LogP contribution in [-0.2, 0) is 9.84 Å². The van der Waals surface area contributed by atoms with Crippen LogP contribution in [0.5, 0.6) is 0 Å². The van der Waals surface area contributed by atoms with Crippen molar-refractivity contribution < 1.29 is 13.2 Å². The number of sulfone groups is 1. The standard InChI is InChI=1S/C5H7N3O3S/c1-3(9)4-6-5(8-7-4)12(2,10)11/h1-2H3,(H,6,7,8). The fraction of sp³-hybridized carbons (Fsp3) is 0.400. The van der Waals surface area contributed by atoms with Gasteiger partial charge < -0.3 is 0 Å². The van der Waals surface area contributed by atoms with E-state index < -0.39 is 9.84 Å². The molecule has 1 aromatic heterocycles. The second-order valence-corrected chi connectivity index (χ2v) is 4.22. The van der Waals surface area contributed by atoms with E-state index in [-0.39, 0.29) is 16.8 Å². The molecule has 66 valence electrons. The number of rotatable bonds is 2. The van der Waals surface area contributed by atoms with Crippen molar-refractivity contribution in [1.82, 2.24) is 15.2 Å². The number of carbonyl (C=O) groups excluding carboxylic acids is 1. The first-order valence-electron chi connectivity index (χ1n) is 3.04. The summed E-state index contributed by atoms with van der Waals surface area (Å²) in [6, 6.07) is 0. The summed E-state index contributed by atoms with van der Waals surface area (Å²) in [5.74, 6) is -0.489. The van der Waals surface area contributed by atoms with Crippen molar-refractivity contribution in [3.63, 3.8) is 0 Å². The largest absolute Gasteiger partial charge is 0.291 e. The lowest BCUT2D eigenvalue weighted by Crippen LogP contribution is -2.00. The van der Waals surface area contributed by atoms with E-state index in [1.165, 1.54) is 6.92 Å². The maximum atomic E-state index is 10.8. The first-order valence-corrected chi connectivity index (χ1v) is 4.94. The van der Waals surface area contributed by atoms with Gasteiger partial charge in [-0.2, -0.15) is 4.98 Å². The van der Waals surface area contributed by atoms with Crippen LogP contribution in [0.25, 0.3) is 0 Å². The number of nitrogens with zero attached hydrogens (tertiary/aromatic N) is 2. The van der Waals surface area contributed by atoms with Crippen LogP contribution in [-0.4, -0.2) is 35.6 Å². The molecule has 0 saturated carbocycles. The third-order valence-electron chi connectivity index (χ3n) is 1.13. The lowest BCUT2D eigenvalue weighted by atomic mass is 10.4. The summed E-state index contributed by atoms with van der Waals surface area (Å²) in [5, 5.41) is 5.29. The molecule has 0 bridgehead atoms. The number of hydrogen-bond acceptors (Lipinski definition) is 5. The Kier molecular flexibility index (Phi) is 1.97. The highest BCUT2D eigenvalue weighted by Gasteiger charge is 2.14. The highest BCUT2D eigenvalue weighted by atomic mass is 32.2. The Balaban J connectivity index is 3.17. The average Bonchev–Trinajstić information content (AvgIpc) is 2.30. The molecule has 0 aromatic carbocycles. The molecule has 0 radical (unpaired) electrons. The monoisotopic (exact) mass is 189 g/mol. The Bertz CT molecular complexity index is 405. The maximum Gasteiger partial charge on any atom is 0.243 e. The van der Waals surface area contributed by atoms with E-state index in [9.17, 15) is 13.2 Å². The summed E-state index contributed by atoms with van der Waals surface area (Å²) in [4.78, 5) is 14.1. The molecule has 6 nitrogen and oxygen atoms in total. The third kappa shape index (κ3) is 1.67. The van der Waals surface area contributed by atoms with Crippen LogP contribution in [0.3, 0.4) is 0 Å². The number of carbonyl (C=O) groups is 1. The highest BCUT2D eigenvalue weighted by Crippen LogP contribution is 2.00. The molecule has 0 atom stereocenters. The van der Waals surface area contributed by atoms with Crippen molar-refractivity contribution >= 4 is 15.6 Å². The quantitative estimate of drug-likeness (QED) is 0.628. The summed E-state index contributed by atoms with van der Waals surface area (Å²) in [6.45, 7) is 1.26. The third-order valence-corrected chi connectivity index (χ3v) is 2.02. The van der Waals surface area contributed by atoms with Crippen LogP contribution in [0.2, 0.25) is 0 Å². The Morgan fingerprint density at radius 3 is 2.33 bits per heavy atom. The molecule has 0 aliphatic carbocycles. The second kappa shape index (κ2) is 2.67. The molecule has 1 rings (SSSR count). The predicted octanol–water partition coefficient (Wildman–Crippen LogP) is -0.589. The minimum absolute atomic E-state index is 0.115. The van der Waals surface area contributed by atoms with Crippen molar-refractivity contribution in [1.29, 1.82) is 0 Å². The Hall–Kier alpha value is -1.24. The first-order chi connectivity index (χ1) is 5.41. The number of aromatic amines is 1. The van der Waals surface area contributed by atoms with Gasteiger partial charge >= 0.3 is 0 Å². The van der Waals surface area contributed by atoms with Gasteiger partial charge in [0.1, 0.15) is 0 Å².